The van der Waals surface area contributed by atoms with Gasteiger partial charge in [-0.2, -0.15) is 0 Å². The van der Waals surface area contributed by atoms with Gasteiger partial charge in [0.1, 0.15) is 11.8 Å². The maximum Gasteiger partial charge on any atom is 0.326 e. The van der Waals surface area contributed by atoms with Gasteiger partial charge < -0.3 is 9.84 Å². The van der Waals surface area contributed by atoms with E-state index in [0.29, 0.717) is 17.9 Å². The maximum absolute atomic E-state index is 12.4. The van der Waals surface area contributed by atoms with Crippen LogP contribution in [0.2, 0.25) is 0 Å². The minimum Gasteiger partial charge on any atom is -0.480 e. The number of aliphatic carboxylic acids is 1. The van der Waals surface area contributed by atoms with Crippen molar-refractivity contribution in [3.8, 4) is 5.75 Å². The first-order valence-electron chi connectivity index (χ1n) is 6.85. The molecule has 2 rings (SSSR count). The van der Waals surface area contributed by atoms with Gasteiger partial charge in [-0.3, -0.25) is 9.69 Å². The maximum atomic E-state index is 12.4. The number of hydrogen-bond acceptors (Lipinski definition) is 3. The first kappa shape index (κ1) is 14.4. The lowest BCUT2D eigenvalue weighted by atomic mass is 10.1. The van der Waals surface area contributed by atoms with E-state index in [1.807, 2.05) is 32.0 Å². The van der Waals surface area contributed by atoms with Gasteiger partial charge in [0.05, 0.1) is 5.69 Å². The normalized spacial score (nSPS) is 19.2. The molecule has 1 N–H and O–H groups in total. The highest BCUT2D eigenvalue weighted by Crippen LogP contribution is 2.37. The van der Waals surface area contributed by atoms with Gasteiger partial charge >= 0.3 is 5.97 Å². The molecule has 1 aliphatic rings. The topological polar surface area (TPSA) is 66.8 Å². The molecule has 108 valence electrons. The summed E-state index contributed by atoms with van der Waals surface area (Å²) in [6, 6.07) is 4.67. The third-order valence-electron chi connectivity index (χ3n) is 3.59. The van der Waals surface area contributed by atoms with Crippen LogP contribution < -0.4 is 9.64 Å². The van der Waals surface area contributed by atoms with Crippen LogP contribution in [-0.4, -0.2) is 29.1 Å². The molecule has 0 bridgehead atoms. The Labute approximate surface area is 118 Å². The van der Waals surface area contributed by atoms with Gasteiger partial charge in [-0.25, -0.2) is 4.79 Å². The predicted molar refractivity (Wildman–Crippen MR) is 75.1 cm³/mol. The van der Waals surface area contributed by atoms with Gasteiger partial charge in [0.2, 0.25) is 0 Å². The third-order valence-corrected chi connectivity index (χ3v) is 3.59. The monoisotopic (exact) mass is 277 g/mol. The number of fused-ring (bicyclic) bond motifs is 1. The lowest BCUT2D eigenvalue weighted by molar-refractivity contribution is -0.140. The van der Waals surface area contributed by atoms with Crippen LogP contribution in [0.4, 0.5) is 5.69 Å². The summed E-state index contributed by atoms with van der Waals surface area (Å²) in [6.07, 6.45) is 0.710. The smallest absolute Gasteiger partial charge is 0.326 e. The molecule has 1 amide bonds. The van der Waals surface area contributed by atoms with Crippen molar-refractivity contribution in [1.82, 2.24) is 0 Å². The molecule has 5 nitrogen and oxygen atoms in total. The van der Waals surface area contributed by atoms with E-state index < -0.39 is 18.1 Å². The molecule has 0 aromatic heterocycles. The molecule has 2 atom stereocenters. The highest BCUT2D eigenvalue weighted by atomic mass is 16.5. The van der Waals surface area contributed by atoms with Gasteiger partial charge in [-0.05, 0) is 37.5 Å². The number of benzene rings is 1. The second-order valence-electron chi connectivity index (χ2n) is 4.89. The number of aryl methyl sites for hydroxylation is 1. The number of anilines is 1. The summed E-state index contributed by atoms with van der Waals surface area (Å²) in [5, 5.41) is 9.23. The Morgan fingerprint density at radius 1 is 1.45 bits per heavy atom. The zero-order valence-electron chi connectivity index (χ0n) is 11.9. The highest BCUT2D eigenvalue weighted by Gasteiger charge is 2.38. The molecule has 2 unspecified atom stereocenters. The second kappa shape index (κ2) is 5.53. The van der Waals surface area contributed by atoms with Crippen LogP contribution in [0.25, 0.3) is 0 Å². The van der Waals surface area contributed by atoms with Gasteiger partial charge in [0.15, 0.2) is 6.10 Å². The van der Waals surface area contributed by atoms with Crippen LogP contribution in [0.1, 0.15) is 32.8 Å². The quantitative estimate of drug-likeness (QED) is 0.916. The standard InChI is InChI=1S/C15H19NO4/c1-4-10-6-7-13-11(8-10)16(9(3)15(18)19)14(17)12(5-2)20-13/h6-9,12H,4-5H2,1-3H3,(H,18,19). The fourth-order valence-corrected chi connectivity index (χ4v) is 2.32. The molecular weight excluding hydrogens is 258 g/mol. The van der Waals surface area contributed by atoms with Gasteiger partial charge in [-0.15, -0.1) is 0 Å². The molecule has 1 aromatic rings. The molecule has 0 radical (unpaired) electrons. The van der Waals surface area contributed by atoms with E-state index in [9.17, 15) is 14.7 Å². The van der Waals surface area contributed by atoms with Crippen molar-refractivity contribution in [2.24, 2.45) is 0 Å². The minimum atomic E-state index is -1.03. The summed E-state index contributed by atoms with van der Waals surface area (Å²) in [5.74, 6) is -0.743. The van der Waals surface area contributed by atoms with Crippen LogP contribution >= 0.6 is 0 Å². The van der Waals surface area contributed by atoms with Gasteiger partial charge in [0.25, 0.3) is 5.91 Å². The van der Waals surface area contributed by atoms with Gasteiger partial charge in [0, 0.05) is 0 Å². The Morgan fingerprint density at radius 3 is 2.70 bits per heavy atom. The fourth-order valence-electron chi connectivity index (χ4n) is 2.32. The van der Waals surface area contributed by atoms with Crippen LogP contribution in [0.15, 0.2) is 18.2 Å². The molecule has 0 fully saturated rings. The lowest BCUT2D eigenvalue weighted by Gasteiger charge is -2.36. The number of carboxylic acids is 1. The molecule has 20 heavy (non-hydrogen) atoms. The van der Waals surface area contributed by atoms with E-state index >= 15 is 0 Å². The van der Waals surface area contributed by atoms with Crippen molar-refractivity contribution in [2.75, 3.05) is 4.90 Å². The molecule has 5 heteroatoms. The van der Waals surface area contributed by atoms with Crippen molar-refractivity contribution >= 4 is 17.6 Å². The minimum absolute atomic E-state index is 0.289. The Bertz CT molecular complexity index is 541. The average Bonchev–Trinajstić information content (AvgIpc) is 2.45. The lowest BCUT2D eigenvalue weighted by Crippen LogP contribution is -2.52. The van der Waals surface area contributed by atoms with Crippen LogP contribution in [0.5, 0.6) is 5.75 Å². The SMILES string of the molecule is CCc1ccc2c(c1)N(C(C)C(=O)O)C(=O)C(CC)O2. The second-order valence-corrected chi connectivity index (χ2v) is 4.89. The van der Waals surface area contributed by atoms with Crippen LogP contribution in [0.3, 0.4) is 0 Å². The van der Waals surface area contributed by atoms with Crippen molar-refractivity contribution in [1.29, 1.82) is 0 Å². The summed E-state index contributed by atoms with van der Waals surface area (Å²) >= 11 is 0. The number of carbonyl (C=O) groups excluding carboxylic acids is 1. The first-order valence-corrected chi connectivity index (χ1v) is 6.85. The van der Waals surface area contributed by atoms with Crippen molar-refractivity contribution in [2.45, 2.75) is 45.8 Å². The number of carboxylic acid groups (broad SMARTS) is 1. The predicted octanol–water partition coefficient (Wildman–Crippen LogP) is 2.23. The molecule has 1 aromatic carbocycles. The zero-order valence-corrected chi connectivity index (χ0v) is 11.9. The Hall–Kier alpha value is -2.04. The summed E-state index contributed by atoms with van der Waals surface area (Å²) in [7, 11) is 0. The molecule has 0 aliphatic carbocycles. The number of hydrogen-bond donors (Lipinski definition) is 1. The molecule has 1 aliphatic heterocycles. The van der Waals surface area contributed by atoms with Crippen LogP contribution in [-0.2, 0) is 16.0 Å². The van der Waals surface area contributed by atoms with E-state index in [1.165, 1.54) is 11.8 Å². The van der Waals surface area contributed by atoms with E-state index in [1.54, 1.807) is 0 Å². The van der Waals surface area contributed by atoms with E-state index in [0.717, 1.165) is 12.0 Å². The molecule has 0 saturated heterocycles. The van der Waals surface area contributed by atoms with E-state index in [-0.39, 0.29) is 5.91 Å². The van der Waals surface area contributed by atoms with Crippen molar-refractivity contribution < 1.29 is 19.4 Å². The Morgan fingerprint density at radius 2 is 2.15 bits per heavy atom. The Balaban J connectivity index is 2.53. The highest BCUT2D eigenvalue weighted by molar-refractivity contribution is 6.04. The molecule has 0 saturated carbocycles. The average molecular weight is 277 g/mol. The first-order chi connectivity index (χ1) is 9.49. The summed E-state index contributed by atoms with van der Waals surface area (Å²) in [6.45, 7) is 5.37. The third kappa shape index (κ3) is 2.35. The number of ether oxygens (including phenoxy) is 1. The number of carbonyl (C=O) groups is 2. The van der Waals surface area contributed by atoms with Crippen molar-refractivity contribution in [3.63, 3.8) is 0 Å². The van der Waals surface area contributed by atoms with E-state index in [2.05, 4.69) is 0 Å². The number of rotatable bonds is 4. The number of amides is 1. The largest absolute Gasteiger partial charge is 0.480 e. The molecule has 1 heterocycles. The fraction of sp³-hybridized carbons (Fsp3) is 0.467. The van der Waals surface area contributed by atoms with Gasteiger partial charge in [-0.1, -0.05) is 19.9 Å². The van der Waals surface area contributed by atoms with Crippen molar-refractivity contribution in [3.05, 3.63) is 23.8 Å². The van der Waals surface area contributed by atoms with E-state index in [4.69, 9.17) is 4.74 Å². The van der Waals surface area contributed by atoms with Crippen LogP contribution in [0, 0.1) is 0 Å². The summed E-state index contributed by atoms with van der Waals surface area (Å²) < 4.78 is 5.67. The summed E-state index contributed by atoms with van der Waals surface area (Å²) in [5.41, 5.74) is 1.59. The summed E-state index contributed by atoms with van der Waals surface area (Å²) in [4.78, 5) is 25.0. The molecular formula is C15H19NO4. The number of nitrogens with zero attached hydrogens (tertiary/aromatic N) is 1. The Kier molecular flexibility index (Phi) is 3.97. The zero-order chi connectivity index (χ0) is 14.9. The molecule has 0 spiro atoms.